The summed E-state index contributed by atoms with van der Waals surface area (Å²) in [6.07, 6.45) is 8.23. The number of benzene rings is 1. The highest BCUT2D eigenvalue weighted by Gasteiger charge is 2.08. The highest BCUT2D eigenvalue weighted by atomic mass is 79.9. The second kappa shape index (κ2) is 5.65. The van der Waals surface area contributed by atoms with Gasteiger partial charge in [0.25, 0.3) is 0 Å². The third-order valence-corrected chi connectivity index (χ3v) is 3.98. The Balaban J connectivity index is 1.89. The van der Waals surface area contributed by atoms with Crippen LogP contribution in [-0.2, 0) is 6.54 Å². The van der Waals surface area contributed by atoms with Crippen LogP contribution in [0.2, 0.25) is 0 Å². The van der Waals surface area contributed by atoms with Crippen LogP contribution in [0.15, 0.2) is 34.8 Å². The fourth-order valence-electron chi connectivity index (χ4n) is 2.06. The zero-order chi connectivity index (χ0) is 11.4. The molecular formula is C14H18BrN. The average Bonchev–Trinajstić information content (AvgIpc) is 2.32. The van der Waals surface area contributed by atoms with Crippen LogP contribution in [0.4, 0.5) is 0 Å². The van der Waals surface area contributed by atoms with Crippen LogP contribution in [0, 0.1) is 6.92 Å². The molecule has 0 aliphatic heterocycles. The van der Waals surface area contributed by atoms with Crippen LogP contribution in [0.3, 0.4) is 0 Å². The maximum atomic E-state index is 3.62. The lowest BCUT2D eigenvalue weighted by Gasteiger charge is -2.19. The topological polar surface area (TPSA) is 12.0 Å². The van der Waals surface area contributed by atoms with Gasteiger partial charge in [-0.15, -0.1) is 0 Å². The third kappa shape index (κ3) is 3.19. The van der Waals surface area contributed by atoms with Gasteiger partial charge in [-0.25, -0.2) is 0 Å². The number of rotatable bonds is 3. The van der Waals surface area contributed by atoms with E-state index < -0.39 is 0 Å². The quantitative estimate of drug-likeness (QED) is 0.826. The van der Waals surface area contributed by atoms with Crippen molar-refractivity contribution in [2.24, 2.45) is 0 Å². The summed E-state index contributed by atoms with van der Waals surface area (Å²) >= 11 is 3.53. The Morgan fingerprint density at radius 1 is 1.38 bits per heavy atom. The average molecular weight is 280 g/mol. The third-order valence-electron chi connectivity index (χ3n) is 3.09. The molecule has 0 saturated carbocycles. The molecule has 1 aliphatic carbocycles. The number of aryl methyl sites for hydroxylation is 1. The van der Waals surface area contributed by atoms with Crippen molar-refractivity contribution in [2.75, 3.05) is 0 Å². The monoisotopic (exact) mass is 279 g/mol. The number of halogens is 1. The van der Waals surface area contributed by atoms with E-state index in [4.69, 9.17) is 0 Å². The molecule has 0 bridgehead atoms. The van der Waals surface area contributed by atoms with E-state index in [9.17, 15) is 0 Å². The van der Waals surface area contributed by atoms with Crippen molar-refractivity contribution < 1.29 is 0 Å². The van der Waals surface area contributed by atoms with Gasteiger partial charge in [-0.2, -0.15) is 0 Å². The zero-order valence-electron chi connectivity index (χ0n) is 9.67. The van der Waals surface area contributed by atoms with Crippen molar-refractivity contribution in [1.82, 2.24) is 5.32 Å². The summed E-state index contributed by atoms with van der Waals surface area (Å²) in [5.74, 6) is 0. The zero-order valence-corrected chi connectivity index (χ0v) is 11.3. The first kappa shape index (κ1) is 11.9. The lowest BCUT2D eigenvalue weighted by molar-refractivity contribution is 0.474. The van der Waals surface area contributed by atoms with E-state index in [1.54, 1.807) is 0 Å². The molecule has 0 amide bonds. The molecule has 0 radical (unpaired) electrons. The fraction of sp³-hybridized carbons (Fsp3) is 0.429. The molecule has 1 nitrogen and oxygen atoms in total. The lowest BCUT2D eigenvalue weighted by Crippen LogP contribution is -2.29. The lowest BCUT2D eigenvalue weighted by atomic mass is 10.0. The van der Waals surface area contributed by atoms with Crippen molar-refractivity contribution in [3.63, 3.8) is 0 Å². The molecule has 0 fully saturated rings. The summed E-state index contributed by atoms with van der Waals surface area (Å²) < 4.78 is 1.19. The van der Waals surface area contributed by atoms with Gasteiger partial charge in [0, 0.05) is 17.1 Å². The summed E-state index contributed by atoms with van der Waals surface area (Å²) in [5, 5.41) is 3.62. The van der Waals surface area contributed by atoms with E-state index in [1.807, 2.05) is 0 Å². The molecule has 0 spiro atoms. The standard InChI is InChI=1S/C14H18BrN/c1-11-9-12(7-8-14(11)15)10-16-13-5-3-2-4-6-13/h2-3,7-9,13,16H,4-6,10H2,1H3. The normalized spacial score (nSPS) is 20.0. The SMILES string of the molecule is Cc1cc(CNC2CC=CCC2)ccc1Br. The highest BCUT2D eigenvalue weighted by Crippen LogP contribution is 2.17. The van der Waals surface area contributed by atoms with Crippen molar-refractivity contribution in [1.29, 1.82) is 0 Å². The summed E-state index contributed by atoms with van der Waals surface area (Å²) in [5.41, 5.74) is 2.68. The van der Waals surface area contributed by atoms with Gasteiger partial charge in [0.2, 0.25) is 0 Å². The smallest absolute Gasteiger partial charge is 0.0208 e. The van der Waals surface area contributed by atoms with Crippen LogP contribution >= 0.6 is 15.9 Å². The van der Waals surface area contributed by atoms with Gasteiger partial charge < -0.3 is 5.32 Å². The Hall–Kier alpha value is -0.600. The first-order chi connectivity index (χ1) is 7.75. The predicted molar refractivity (Wildman–Crippen MR) is 72.5 cm³/mol. The predicted octanol–water partition coefficient (Wildman–Crippen LogP) is 3.96. The molecule has 86 valence electrons. The van der Waals surface area contributed by atoms with E-state index in [0.29, 0.717) is 6.04 Å². The van der Waals surface area contributed by atoms with Gasteiger partial charge in [0.05, 0.1) is 0 Å². The molecule has 0 saturated heterocycles. The Kier molecular flexibility index (Phi) is 4.19. The Morgan fingerprint density at radius 3 is 2.94 bits per heavy atom. The summed E-state index contributed by atoms with van der Waals surface area (Å²) in [6.45, 7) is 3.11. The van der Waals surface area contributed by atoms with E-state index in [1.165, 1.54) is 34.9 Å². The van der Waals surface area contributed by atoms with E-state index >= 15 is 0 Å². The highest BCUT2D eigenvalue weighted by molar-refractivity contribution is 9.10. The van der Waals surface area contributed by atoms with Crippen LogP contribution in [-0.4, -0.2) is 6.04 Å². The molecule has 16 heavy (non-hydrogen) atoms. The van der Waals surface area contributed by atoms with Crippen molar-refractivity contribution >= 4 is 15.9 Å². The maximum absolute atomic E-state index is 3.62. The second-order valence-electron chi connectivity index (χ2n) is 4.45. The number of allylic oxidation sites excluding steroid dienone is 1. The number of hydrogen-bond donors (Lipinski definition) is 1. The van der Waals surface area contributed by atoms with Gasteiger partial charge in [-0.3, -0.25) is 0 Å². The summed E-state index contributed by atoms with van der Waals surface area (Å²) in [7, 11) is 0. The van der Waals surface area contributed by atoms with Crippen molar-refractivity contribution in [2.45, 2.75) is 38.8 Å². The molecule has 1 aromatic rings. The minimum Gasteiger partial charge on any atom is -0.310 e. The molecule has 2 rings (SSSR count). The first-order valence-corrected chi connectivity index (χ1v) is 6.68. The number of nitrogens with one attached hydrogen (secondary N) is 1. The van der Waals surface area contributed by atoms with Gasteiger partial charge in [0.15, 0.2) is 0 Å². The Labute approximate surface area is 106 Å². The maximum Gasteiger partial charge on any atom is 0.0208 e. The summed E-state index contributed by atoms with van der Waals surface area (Å²) in [4.78, 5) is 0. The van der Waals surface area contributed by atoms with Gasteiger partial charge in [-0.1, -0.05) is 40.2 Å². The van der Waals surface area contributed by atoms with Crippen molar-refractivity contribution in [3.8, 4) is 0 Å². The van der Waals surface area contributed by atoms with Gasteiger partial charge >= 0.3 is 0 Å². The molecule has 1 unspecified atom stereocenters. The van der Waals surface area contributed by atoms with Crippen molar-refractivity contribution in [3.05, 3.63) is 46.0 Å². The van der Waals surface area contributed by atoms with Gasteiger partial charge in [-0.05, 0) is 43.4 Å². The van der Waals surface area contributed by atoms with Crippen LogP contribution in [0.1, 0.15) is 30.4 Å². The minimum absolute atomic E-state index is 0.661. The van der Waals surface area contributed by atoms with Crippen LogP contribution in [0.5, 0.6) is 0 Å². The van der Waals surface area contributed by atoms with Gasteiger partial charge in [0.1, 0.15) is 0 Å². The summed E-state index contributed by atoms with van der Waals surface area (Å²) in [6, 6.07) is 7.22. The fourth-order valence-corrected chi connectivity index (χ4v) is 2.30. The molecule has 0 aromatic heterocycles. The Morgan fingerprint density at radius 2 is 2.25 bits per heavy atom. The molecule has 0 heterocycles. The molecule has 2 heteroatoms. The molecular weight excluding hydrogens is 262 g/mol. The number of hydrogen-bond acceptors (Lipinski definition) is 1. The molecule has 1 aromatic carbocycles. The van der Waals surface area contributed by atoms with E-state index in [-0.39, 0.29) is 0 Å². The molecule has 1 aliphatic rings. The van der Waals surface area contributed by atoms with Crippen LogP contribution < -0.4 is 5.32 Å². The van der Waals surface area contributed by atoms with E-state index in [2.05, 4.69) is 58.5 Å². The first-order valence-electron chi connectivity index (χ1n) is 5.89. The minimum atomic E-state index is 0.661. The van der Waals surface area contributed by atoms with E-state index in [0.717, 1.165) is 6.54 Å². The van der Waals surface area contributed by atoms with Crippen LogP contribution in [0.25, 0.3) is 0 Å². The molecule has 1 atom stereocenters. The Bertz CT molecular complexity index is 384. The molecule has 1 N–H and O–H groups in total. The second-order valence-corrected chi connectivity index (χ2v) is 5.30. The largest absolute Gasteiger partial charge is 0.310 e.